The van der Waals surface area contributed by atoms with Gasteiger partial charge < -0.3 is 29.6 Å². The summed E-state index contributed by atoms with van der Waals surface area (Å²) >= 11 is 0. The molecular weight excluding hydrogens is 629 g/mol. The van der Waals surface area contributed by atoms with Crippen LogP contribution in [0.4, 0.5) is 14.7 Å². The van der Waals surface area contributed by atoms with E-state index in [2.05, 4.69) is 20.0 Å². The molecule has 0 saturated heterocycles. The molecule has 4 rings (SSSR count). The molecule has 1 saturated carbocycles. The summed E-state index contributed by atoms with van der Waals surface area (Å²) < 4.78 is 73.2. The molecule has 14 nitrogen and oxygen atoms in total. The van der Waals surface area contributed by atoms with Crippen molar-refractivity contribution < 1.29 is 46.5 Å². The van der Waals surface area contributed by atoms with E-state index in [1.807, 2.05) is 0 Å². The first-order valence-electron chi connectivity index (χ1n) is 14.7. The number of aliphatic hydroxyl groups excluding tert-OH is 1. The molecule has 4 N–H and O–H groups in total. The molecule has 2 aromatic heterocycles. The summed E-state index contributed by atoms with van der Waals surface area (Å²) in [4.78, 5) is 24.9. The Morgan fingerprint density at radius 2 is 2.00 bits per heavy atom. The highest BCUT2D eigenvalue weighted by molar-refractivity contribution is 7.52. The number of hydrogen-bond donors (Lipinski definition) is 3. The maximum atomic E-state index is 16.4. The number of nitrogens with two attached hydrogens (primary N) is 1. The van der Waals surface area contributed by atoms with Gasteiger partial charge in [-0.1, -0.05) is 30.5 Å². The fourth-order valence-corrected chi connectivity index (χ4v) is 6.17. The molecule has 46 heavy (non-hydrogen) atoms. The van der Waals surface area contributed by atoms with Crippen LogP contribution in [0.2, 0.25) is 0 Å². The maximum Gasteiger partial charge on any atom is 0.459 e. The van der Waals surface area contributed by atoms with E-state index in [0.29, 0.717) is 12.8 Å². The van der Waals surface area contributed by atoms with E-state index in [9.17, 15) is 18.9 Å². The van der Waals surface area contributed by atoms with Crippen LogP contribution in [0.15, 0.2) is 36.7 Å². The van der Waals surface area contributed by atoms with E-state index >= 15 is 4.39 Å². The molecule has 0 amide bonds. The number of carbonyl (C=O) groups excluding carboxylic acids is 1. The van der Waals surface area contributed by atoms with Gasteiger partial charge in [0, 0.05) is 0 Å². The van der Waals surface area contributed by atoms with Gasteiger partial charge in [0.25, 0.3) is 5.85 Å². The number of carbonyl (C=O) groups is 1. The number of imidazole rings is 1. The van der Waals surface area contributed by atoms with Crippen molar-refractivity contribution >= 4 is 30.8 Å². The molecular formula is C29H37F2N6O8P. The van der Waals surface area contributed by atoms with Crippen molar-refractivity contribution in [2.45, 2.75) is 76.3 Å². The molecule has 1 fully saturated rings. The van der Waals surface area contributed by atoms with Gasteiger partial charge in [-0.25, -0.2) is 18.3 Å². The van der Waals surface area contributed by atoms with Crippen LogP contribution in [0.3, 0.4) is 0 Å². The number of terminal acetylenes is 1. The number of esters is 1. The van der Waals surface area contributed by atoms with Crippen LogP contribution >= 0.6 is 7.75 Å². The monoisotopic (exact) mass is 666 g/mol. The number of alkyl halides is 2. The van der Waals surface area contributed by atoms with Gasteiger partial charge in [-0.3, -0.25) is 13.9 Å². The van der Waals surface area contributed by atoms with E-state index in [-0.39, 0.29) is 41.5 Å². The molecule has 1 aromatic carbocycles. The van der Waals surface area contributed by atoms with Crippen LogP contribution in [-0.2, 0) is 23.4 Å². The largest absolute Gasteiger partial charge is 0.476 e. The molecule has 3 aromatic rings. The summed E-state index contributed by atoms with van der Waals surface area (Å²) in [7, 11) is -4.64. The van der Waals surface area contributed by atoms with Crippen molar-refractivity contribution in [1.82, 2.24) is 24.6 Å². The molecule has 1 aliphatic rings. The van der Waals surface area contributed by atoms with Gasteiger partial charge in [-0.15, -0.1) is 6.42 Å². The van der Waals surface area contributed by atoms with Crippen molar-refractivity contribution in [3.8, 4) is 24.0 Å². The minimum Gasteiger partial charge on any atom is -0.476 e. The molecule has 0 bridgehead atoms. The third kappa shape index (κ3) is 8.68. The number of benzene rings is 1. The number of fused-ring (bicyclic) bond motifs is 1. The lowest BCUT2D eigenvalue weighted by Crippen LogP contribution is -2.47. The number of aliphatic hydroxyl groups is 1. The molecule has 1 aliphatic carbocycles. The number of rotatable bonds is 16. The lowest BCUT2D eigenvalue weighted by atomic mass is 9.98. The normalized spacial score (nSPS) is 18.4. The smallest absolute Gasteiger partial charge is 0.459 e. The first-order valence-corrected chi connectivity index (χ1v) is 16.2. The van der Waals surface area contributed by atoms with Crippen LogP contribution in [0.25, 0.3) is 11.2 Å². The summed E-state index contributed by atoms with van der Waals surface area (Å²) in [6, 6.07) is 6.51. The van der Waals surface area contributed by atoms with Gasteiger partial charge in [0.2, 0.25) is 11.8 Å². The minimum absolute atomic E-state index is 0.000990. The Morgan fingerprint density at radius 1 is 1.28 bits per heavy atom. The topological polar surface area (TPSA) is 182 Å². The standard InChI is InChI=1S/C29H37F2N6O8P/c1-4-22(38)29(31,44-23(16-30)37-18-33-24-25(37)34-28(32)35-26(24)41-5-2)17-42-46(40,45-21-14-10-7-11-15-21)36-19(3)27(39)43-20-12-8-6-9-13-20/h1,7,10-11,14-15,18-20,22-23,38H,5-6,8-9,12-13,16-17H2,2-3H3,(H,36,40)(H2,32,34,35)/t19?,22-,23?,29+,46?/m0/s1. The molecule has 3 unspecified atom stereocenters. The predicted molar refractivity (Wildman–Crippen MR) is 162 cm³/mol. The van der Waals surface area contributed by atoms with Gasteiger partial charge in [0.15, 0.2) is 23.5 Å². The van der Waals surface area contributed by atoms with E-state index in [0.717, 1.165) is 30.2 Å². The van der Waals surface area contributed by atoms with Crippen LogP contribution in [0.5, 0.6) is 11.6 Å². The van der Waals surface area contributed by atoms with Crippen molar-refractivity contribution in [2.75, 3.05) is 25.6 Å². The number of ether oxygens (including phenoxy) is 3. The number of anilines is 1. The maximum absolute atomic E-state index is 16.4. The number of nitrogens with zero attached hydrogens (tertiary/aromatic N) is 4. The van der Waals surface area contributed by atoms with Crippen LogP contribution in [0, 0.1) is 12.3 Å². The zero-order valence-electron chi connectivity index (χ0n) is 25.4. The first kappa shape index (κ1) is 35.0. The number of hydrogen-bond acceptors (Lipinski definition) is 12. The van der Waals surface area contributed by atoms with Gasteiger partial charge in [-0.2, -0.15) is 15.1 Å². The summed E-state index contributed by atoms with van der Waals surface area (Å²) in [5, 5.41) is 12.9. The van der Waals surface area contributed by atoms with Crippen LogP contribution in [0.1, 0.15) is 52.2 Å². The van der Waals surface area contributed by atoms with Crippen molar-refractivity contribution in [3.05, 3.63) is 36.7 Å². The minimum atomic E-state index is -4.64. The lowest BCUT2D eigenvalue weighted by molar-refractivity contribution is -0.251. The second kappa shape index (κ2) is 15.6. The lowest BCUT2D eigenvalue weighted by Gasteiger charge is -2.32. The van der Waals surface area contributed by atoms with Crippen molar-refractivity contribution in [1.29, 1.82) is 0 Å². The molecule has 0 aliphatic heterocycles. The Morgan fingerprint density at radius 3 is 2.65 bits per heavy atom. The number of nitrogen functional groups attached to an aromatic ring is 1. The summed E-state index contributed by atoms with van der Waals surface area (Å²) in [6.07, 6.45) is 6.19. The Hall–Kier alpha value is -3.87. The van der Waals surface area contributed by atoms with E-state index in [1.165, 1.54) is 19.1 Å². The fraction of sp³-hybridized carbons (Fsp3) is 0.517. The van der Waals surface area contributed by atoms with Gasteiger partial charge >= 0.3 is 13.7 Å². The fourth-order valence-electron chi connectivity index (χ4n) is 4.67. The van der Waals surface area contributed by atoms with Crippen molar-refractivity contribution in [2.24, 2.45) is 0 Å². The predicted octanol–water partition coefficient (Wildman–Crippen LogP) is 4.01. The highest BCUT2D eigenvalue weighted by Crippen LogP contribution is 2.46. The number of aromatic nitrogens is 4. The van der Waals surface area contributed by atoms with Gasteiger partial charge in [0.1, 0.15) is 31.2 Å². The average Bonchev–Trinajstić information content (AvgIpc) is 3.47. The van der Waals surface area contributed by atoms with Crippen LogP contribution in [-0.4, -0.2) is 74.6 Å². The first-order chi connectivity index (χ1) is 22.0. The number of halogens is 2. The third-order valence-corrected chi connectivity index (χ3v) is 8.59. The van der Waals surface area contributed by atoms with Crippen LogP contribution < -0.4 is 20.1 Å². The summed E-state index contributed by atoms with van der Waals surface area (Å²) in [5.74, 6) is -2.52. The van der Waals surface area contributed by atoms with E-state index in [1.54, 1.807) is 31.0 Å². The van der Waals surface area contributed by atoms with E-state index in [4.69, 9.17) is 35.4 Å². The molecule has 17 heteroatoms. The van der Waals surface area contributed by atoms with Gasteiger partial charge in [0.05, 0.1) is 12.9 Å². The average molecular weight is 667 g/mol. The molecule has 5 atom stereocenters. The second-order valence-corrected chi connectivity index (χ2v) is 12.1. The SMILES string of the molecule is C#C[C@H](O)[C@@](F)(COP(=O)(NC(C)C(=O)OC1CCCCC1)Oc1ccccc1)OC(CF)n1cnc2c(OCC)nc(N)nc21. The molecule has 2 heterocycles. The Kier molecular flexibility index (Phi) is 11.9. The molecule has 0 radical (unpaired) electrons. The summed E-state index contributed by atoms with van der Waals surface area (Å²) in [5.41, 5.74) is 5.78. The Labute approximate surface area is 264 Å². The second-order valence-electron chi connectivity index (χ2n) is 10.4. The number of para-hydroxylation sites is 1. The Bertz CT molecular complexity index is 1550. The molecule has 0 spiro atoms. The summed E-state index contributed by atoms with van der Waals surface area (Å²) in [6.45, 7) is 0.561. The highest BCUT2D eigenvalue weighted by atomic mass is 31.2. The van der Waals surface area contributed by atoms with Gasteiger partial charge in [-0.05, 0) is 51.7 Å². The quantitative estimate of drug-likeness (QED) is 0.113. The third-order valence-electron chi connectivity index (χ3n) is 6.97. The van der Waals surface area contributed by atoms with E-state index < -0.39 is 51.2 Å². The number of nitrogens with one attached hydrogen (secondary N) is 1. The molecule has 250 valence electrons. The zero-order valence-corrected chi connectivity index (χ0v) is 26.3. The zero-order chi connectivity index (χ0) is 33.3. The Balaban J connectivity index is 1.58. The van der Waals surface area contributed by atoms with Crippen molar-refractivity contribution in [3.63, 3.8) is 0 Å². The highest BCUT2D eigenvalue weighted by Gasteiger charge is 2.46.